The van der Waals surface area contributed by atoms with Gasteiger partial charge in [-0.05, 0) is 37.6 Å². The van der Waals surface area contributed by atoms with E-state index in [0.29, 0.717) is 11.6 Å². The van der Waals surface area contributed by atoms with E-state index in [-0.39, 0.29) is 23.6 Å². The molecule has 1 aromatic heterocycles. The Balaban J connectivity index is 1.69. The fraction of sp³-hybridized carbons (Fsp3) is 0.643. The van der Waals surface area contributed by atoms with Gasteiger partial charge in [-0.25, -0.2) is 8.42 Å². The molecule has 2 saturated heterocycles. The Morgan fingerprint density at radius 3 is 2.81 bits per heavy atom. The molecule has 1 N–H and O–H groups in total. The van der Waals surface area contributed by atoms with E-state index in [1.807, 2.05) is 6.07 Å². The van der Waals surface area contributed by atoms with Crippen LogP contribution in [0.25, 0.3) is 0 Å². The zero-order chi connectivity index (χ0) is 14.9. The Hall–Kier alpha value is -0.690. The molecule has 3 heterocycles. The first-order chi connectivity index (χ1) is 10.1. The summed E-state index contributed by atoms with van der Waals surface area (Å²) in [7, 11) is -2.95. The number of nitrogens with one attached hydrogen (secondary N) is 1. The van der Waals surface area contributed by atoms with Crippen LogP contribution in [0.4, 0.5) is 0 Å². The number of rotatable bonds is 4. The molecule has 0 amide bonds. The van der Waals surface area contributed by atoms with E-state index in [4.69, 9.17) is 11.6 Å². The standard InChI is InChI=1S/C14H20ClN3O2S/c15-12-8-16-4-3-11(12)7-17-13-9-21(19,20)10-14(13)18-5-1-2-6-18/h3-4,8,13-14,17H,1-2,5-7,9-10H2/t13-,14-/m0/s1. The van der Waals surface area contributed by atoms with Crippen LogP contribution in [0.2, 0.25) is 5.02 Å². The first-order valence-electron chi connectivity index (χ1n) is 7.31. The predicted molar refractivity (Wildman–Crippen MR) is 83.1 cm³/mol. The van der Waals surface area contributed by atoms with Gasteiger partial charge in [-0.15, -0.1) is 0 Å². The Labute approximate surface area is 130 Å². The summed E-state index contributed by atoms with van der Waals surface area (Å²) in [6.45, 7) is 2.59. The zero-order valence-electron chi connectivity index (χ0n) is 11.8. The van der Waals surface area contributed by atoms with Gasteiger partial charge in [0.15, 0.2) is 9.84 Å². The van der Waals surface area contributed by atoms with Gasteiger partial charge in [0.05, 0.1) is 16.5 Å². The van der Waals surface area contributed by atoms with Gasteiger partial charge >= 0.3 is 0 Å². The second-order valence-electron chi connectivity index (χ2n) is 5.84. The minimum absolute atomic E-state index is 0.0164. The lowest BCUT2D eigenvalue weighted by Crippen LogP contribution is -2.48. The number of halogens is 1. The number of hydrogen-bond acceptors (Lipinski definition) is 5. The smallest absolute Gasteiger partial charge is 0.153 e. The molecular weight excluding hydrogens is 310 g/mol. The van der Waals surface area contributed by atoms with E-state index in [0.717, 1.165) is 18.7 Å². The molecule has 7 heteroatoms. The van der Waals surface area contributed by atoms with Crippen LogP contribution in [-0.2, 0) is 16.4 Å². The van der Waals surface area contributed by atoms with E-state index in [9.17, 15) is 8.42 Å². The Kier molecular flexibility index (Phi) is 4.49. The molecule has 0 saturated carbocycles. The first-order valence-corrected chi connectivity index (χ1v) is 9.51. The highest BCUT2D eigenvalue weighted by Gasteiger charge is 2.41. The third-order valence-corrected chi connectivity index (χ3v) is 6.40. The normalized spacial score (nSPS) is 29.0. The van der Waals surface area contributed by atoms with E-state index in [2.05, 4.69) is 15.2 Å². The van der Waals surface area contributed by atoms with Crippen molar-refractivity contribution in [2.75, 3.05) is 24.6 Å². The van der Waals surface area contributed by atoms with Gasteiger partial charge in [0, 0.05) is 31.0 Å². The van der Waals surface area contributed by atoms with Crippen LogP contribution in [-0.4, -0.2) is 55.0 Å². The number of pyridine rings is 1. The van der Waals surface area contributed by atoms with Crippen LogP contribution >= 0.6 is 11.6 Å². The molecule has 0 bridgehead atoms. The summed E-state index contributed by atoms with van der Waals surface area (Å²) in [4.78, 5) is 6.28. The summed E-state index contributed by atoms with van der Waals surface area (Å²) < 4.78 is 24.0. The lowest BCUT2D eigenvalue weighted by molar-refractivity contribution is 0.226. The highest BCUT2D eigenvalue weighted by atomic mass is 35.5. The van der Waals surface area contributed by atoms with E-state index in [1.54, 1.807) is 12.4 Å². The van der Waals surface area contributed by atoms with E-state index >= 15 is 0 Å². The molecule has 0 radical (unpaired) electrons. The van der Waals surface area contributed by atoms with E-state index < -0.39 is 9.84 Å². The van der Waals surface area contributed by atoms with Gasteiger partial charge in [0.1, 0.15) is 0 Å². The zero-order valence-corrected chi connectivity index (χ0v) is 13.4. The quantitative estimate of drug-likeness (QED) is 0.896. The third kappa shape index (κ3) is 3.56. The van der Waals surface area contributed by atoms with Crippen molar-refractivity contribution in [3.63, 3.8) is 0 Å². The predicted octanol–water partition coefficient (Wildman–Crippen LogP) is 1.09. The van der Waals surface area contributed by atoms with E-state index in [1.165, 1.54) is 12.8 Å². The maximum absolute atomic E-state index is 12.0. The summed E-state index contributed by atoms with van der Waals surface area (Å²) in [6.07, 6.45) is 5.65. The van der Waals surface area contributed by atoms with Gasteiger partial charge in [0.25, 0.3) is 0 Å². The van der Waals surface area contributed by atoms with Gasteiger partial charge in [-0.1, -0.05) is 11.6 Å². The molecule has 21 heavy (non-hydrogen) atoms. The van der Waals surface area contributed by atoms with Crippen molar-refractivity contribution in [3.8, 4) is 0 Å². The minimum Gasteiger partial charge on any atom is -0.307 e. The minimum atomic E-state index is -2.95. The van der Waals surface area contributed by atoms with Gasteiger partial charge < -0.3 is 5.32 Å². The molecule has 1 aromatic rings. The summed E-state index contributed by atoms with van der Waals surface area (Å²) in [6, 6.07) is 1.94. The molecule has 2 aliphatic heterocycles. The molecule has 0 unspecified atom stereocenters. The fourth-order valence-corrected chi connectivity index (χ4v) is 5.42. The van der Waals surface area contributed by atoms with Crippen LogP contribution in [0.1, 0.15) is 18.4 Å². The second-order valence-corrected chi connectivity index (χ2v) is 8.40. The van der Waals surface area contributed by atoms with Crippen molar-refractivity contribution in [1.29, 1.82) is 0 Å². The Morgan fingerprint density at radius 1 is 1.33 bits per heavy atom. The van der Waals surface area contributed by atoms with Crippen molar-refractivity contribution >= 4 is 21.4 Å². The van der Waals surface area contributed by atoms with Gasteiger partial charge in [-0.2, -0.15) is 0 Å². The summed E-state index contributed by atoms with van der Waals surface area (Å²) >= 11 is 6.10. The number of sulfone groups is 1. The molecule has 116 valence electrons. The Morgan fingerprint density at radius 2 is 2.10 bits per heavy atom. The van der Waals surface area contributed by atoms with Crippen molar-refractivity contribution in [1.82, 2.24) is 15.2 Å². The number of nitrogens with zero attached hydrogens (tertiary/aromatic N) is 2. The van der Waals surface area contributed by atoms with Gasteiger partial charge in [-0.3, -0.25) is 9.88 Å². The van der Waals surface area contributed by atoms with Crippen LogP contribution in [0, 0.1) is 0 Å². The molecule has 0 spiro atoms. The van der Waals surface area contributed by atoms with Crippen LogP contribution in [0.3, 0.4) is 0 Å². The number of aromatic nitrogens is 1. The van der Waals surface area contributed by atoms with Crippen molar-refractivity contribution in [2.45, 2.75) is 31.5 Å². The lowest BCUT2D eigenvalue weighted by atomic mass is 10.1. The second kappa shape index (κ2) is 6.20. The fourth-order valence-electron chi connectivity index (χ4n) is 3.25. The molecule has 2 aliphatic rings. The largest absolute Gasteiger partial charge is 0.307 e. The maximum Gasteiger partial charge on any atom is 0.153 e. The average molecular weight is 330 g/mol. The molecule has 0 aromatic carbocycles. The highest BCUT2D eigenvalue weighted by molar-refractivity contribution is 7.91. The maximum atomic E-state index is 12.0. The van der Waals surface area contributed by atoms with Crippen LogP contribution in [0.15, 0.2) is 18.5 Å². The van der Waals surface area contributed by atoms with Crippen molar-refractivity contribution < 1.29 is 8.42 Å². The third-order valence-electron chi connectivity index (χ3n) is 4.34. The summed E-state index contributed by atoms with van der Waals surface area (Å²) in [5, 5.41) is 4.00. The highest BCUT2D eigenvalue weighted by Crippen LogP contribution is 2.23. The van der Waals surface area contributed by atoms with Crippen molar-refractivity contribution in [2.24, 2.45) is 0 Å². The molecule has 3 rings (SSSR count). The average Bonchev–Trinajstić information content (AvgIpc) is 3.05. The number of likely N-dealkylation sites (tertiary alicyclic amines) is 1. The Bertz CT molecular complexity index is 602. The lowest BCUT2D eigenvalue weighted by Gasteiger charge is -2.28. The SMILES string of the molecule is O=S1(=O)C[C@H](NCc2ccncc2Cl)[C@@H](N2CCCC2)C1. The van der Waals surface area contributed by atoms with Crippen LogP contribution in [0.5, 0.6) is 0 Å². The molecule has 5 nitrogen and oxygen atoms in total. The number of hydrogen-bond donors (Lipinski definition) is 1. The first kappa shape index (κ1) is 15.2. The topological polar surface area (TPSA) is 62.3 Å². The van der Waals surface area contributed by atoms with Gasteiger partial charge in [0.2, 0.25) is 0 Å². The summed E-state index contributed by atoms with van der Waals surface area (Å²) in [5.41, 5.74) is 0.955. The monoisotopic (exact) mass is 329 g/mol. The van der Waals surface area contributed by atoms with Crippen molar-refractivity contribution in [3.05, 3.63) is 29.0 Å². The molecule has 2 atom stereocenters. The molecular formula is C14H20ClN3O2S. The molecule has 0 aliphatic carbocycles. The molecule has 2 fully saturated rings. The van der Waals surface area contributed by atoms with Crippen LogP contribution < -0.4 is 5.32 Å². The summed E-state index contributed by atoms with van der Waals surface area (Å²) in [5.74, 6) is 0.492.